The molecule has 1 saturated heterocycles. The Balaban J connectivity index is 0.00000893. The number of hydrogen-bond acceptors (Lipinski definition) is 26. The van der Waals surface area contributed by atoms with Crippen molar-refractivity contribution in [2.45, 2.75) is 209 Å². The first-order valence-electron chi connectivity index (χ1n) is 37.9. The van der Waals surface area contributed by atoms with Gasteiger partial charge in [-0.1, -0.05) is 82.7 Å². The van der Waals surface area contributed by atoms with E-state index in [-0.39, 0.29) is 43.6 Å². The summed E-state index contributed by atoms with van der Waals surface area (Å²) in [7, 11) is 0. The van der Waals surface area contributed by atoms with Crippen molar-refractivity contribution in [3.63, 3.8) is 0 Å². The average molecular weight is 1680 g/mol. The number of carbonyl (C=O) groups is 21. The van der Waals surface area contributed by atoms with Crippen LogP contribution in [0.5, 0.6) is 0 Å². The molecular weight excluding hydrogens is 1570 g/mol. The number of para-hydroxylation sites is 2. The maximum atomic E-state index is 14.8. The Labute approximate surface area is 680 Å². The van der Waals surface area contributed by atoms with Crippen LogP contribution in [-0.4, -0.2) is 260 Å². The quantitative estimate of drug-likeness (QED) is 0.00846. The molecule has 0 radical (unpaired) electrons. The summed E-state index contributed by atoms with van der Waals surface area (Å²) < 4.78 is 5.68. The predicted molar refractivity (Wildman–Crippen MR) is 415 cm³/mol. The molecule has 3 aromatic rings. The van der Waals surface area contributed by atoms with Crippen molar-refractivity contribution < 1.29 is 131 Å². The number of esters is 1. The first-order valence-corrected chi connectivity index (χ1v) is 37.9. The highest BCUT2D eigenvalue weighted by Gasteiger charge is 2.41. The number of amides is 14. The molecule has 2 heterocycles. The van der Waals surface area contributed by atoms with Crippen LogP contribution in [0.3, 0.4) is 0 Å². The zero-order valence-corrected chi connectivity index (χ0v) is 65.9. The number of nitrogen functional groups attached to an aromatic ring is 1. The number of benzene rings is 2. The van der Waals surface area contributed by atoms with E-state index in [2.05, 4.69) is 70.8 Å². The Kier molecular flexibility index (Phi) is 43.6. The molecule has 27 N–H and O–H groups in total. The van der Waals surface area contributed by atoms with Crippen LogP contribution in [0.2, 0.25) is 0 Å². The number of primary amides is 1. The Morgan fingerprint density at radius 2 is 1.09 bits per heavy atom. The molecule has 1 aliphatic heterocycles. The second-order valence-electron chi connectivity index (χ2n) is 27.7. The van der Waals surface area contributed by atoms with E-state index in [1.807, 2.05) is 16.0 Å². The van der Waals surface area contributed by atoms with Gasteiger partial charge >= 0.3 is 29.8 Å². The lowest BCUT2D eigenvalue weighted by atomic mass is 9.96. The van der Waals surface area contributed by atoms with Gasteiger partial charge in [-0.3, -0.25) is 91.1 Å². The molecule has 654 valence electrons. The van der Waals surface area contributed by atoms with Gasteiger partial charge in [0.05, 0.1) is 51.8 Å². The smallest absolute Gasteiger partial charge is 0.329 e. The van der Waals surface area contributed by atoms with E-state index in [1.54, 1.807) is 30.5 Å². The number of anilines is 1. The Morgan fingerprint density at radius 1 is 0.563 bits per heavy atom. The first-order chi connectivity index (χ1) is 56.3. The topological polar surface area (TPSA) is 745 Å². The molecule has 1 fully saturated rings. The number of hydrogen-bond donors (Lipinski definition) is 23. The fourth-order valence-electron chi connectivity index (χ4n) is 11.7. The highest BCUT2D eigenvalue weighted by atomic mass is 16.5. The minimum atomic E-state index is -2.45. The Hall–Kier alpha value is -13.1. The van der Waals surface area contributed by atoms with Crippen LogP contribution in [0.25, 0.3) is 10.9 Å². The van der Waals surface area contributed by atoms with E-state index in [9.17, 15) is 121 Å². The molecule has 45 heteroatoms. The van der Waals surface area contributed by atoms with Gasteiger partial charge in [0.25, 0.3) is 0 Å². The van der Waals surface area contributed by atoms with E-state index in [4.69, 9.17) is 26.7 Å². The fraction of sp³-hybridized carbons (Fsp3) is 0.527. The molecule has 1 aliphatic rings. The number of ketones is 1. The number of cyclic esters (lactones) is 1. The summed E-state index contributed by atoms with van der Waals surface area (Å²) in [4.78, 5) is 285. The number of ether oxygens (including phenoxy) is 1. The van der Waals surface area contributed by atoms with Crippen molar-refractivity contribution in [2.75, 3.05) is 38.5 Å². The third kappa shape index (κ3) is 35.9. The number of rotatable bonds is 36. The lowest BCUT2D eigenvalue weighted by molar-refractivity contribution is -0.156. The second-order valence-corrected chi connectivity index (χ2v) is 27.7. The fourth-order valence-corrected chi connectivity index (χ4v) is 11.7. The molecule has 14 amide bonds. The molecule has 1 unspecified atom stereocenters. The van der Waals surface area contributed by atoms with Gasteiger partial charge < -0.3 is 132 Å². The number of carboxylic acids is 4. The minimum absolute atomic E-state index is 0.0186. The van der Waals surface area contributed by atoms with Crippen molar-refractivity contribution in [1.29, 1.82) is 0 Å². The van der Waals surface area contributed by atoms with Crippen molar-refractivity contribution in [3.8, 4) is 0 Å². The average Bonchev–Trinajstić information content (AvgIpc) is 1.72. The van der Waals surface area contributed by atoms with Crippen LogP contribution in [-0.2, 0) is 107 Å². The molecule has 119 heavy (non-hydrogen) atoms. The molecule has 0 bridgehead atoms. The summed E-state index contributed by atoms with van der Waals surface area (Å²) in [6.45, 7) is 1.25. The van der Waals surface area contributed by atoms with Crippen LogP contribution in [0.1, 0.15) is 146 Å². The van der Waals surface area contributed by atoms with Crippen molar-refractivity contribution in [2.24, 2.45) is 23.1 Å². The van der Waals surface area contributed by atoms with Gasteiger partial charge in [0.1, 0.15) is 78.9 Å². The summed E-state index contributed by atoms with van der Waals surface area (Å²) in [5.74, 6) is -29.7. The Morgan fingerprint density at radius 3 is 1.67 bits per heavy atom. The predicted octanol–water partition coefficient (Wildman–Crippen LogP) is -6.48. The number of aliphatic hydroxyl groups is 1. The van der Waals surface area contributed by atoms with Crippen molar-refractivity contribution in [3.05, 3.63) is 65.9 Å². The van der Waals surface area contributed by atoms with Gasteiger partial charge in [0, 0.05) is 54.2 Å². The number of unbranched alkanes of at least 4 members (excludes halogenated alkanes) is 6. The second kappa shape index (κ2) is 51.8. The normalized spacial score (nSPS) is 20.7. The van der Waals surface area contributed by atoms with Gasteiger partial charge in [-0.2, -0.15) is 0 Å². The zero-order chi connectivity index (χ0) is 89.2. The van der Waals surface area contributed by atoms with E-state index in [1.165, 1.54) is 24.3 Å². The summed E-state index contributed by atoms with van der Waals surface area (Å²) >= 11 is 0. The van der Waals surface area contributed by atoms with Gasteiger partial charge in [0.15, 0.2) is 5.78 Å². The van der Waals surface area contributed by atoms with E-state index in [0.717, 1.165) is 52.9 Å². The monoisotopic (exact) mass is 1680 g/mol. The number of Topliss-reactive ketones (excluding diaryl/α,β-unsaturated/α-hetero) is 1. The molecule has 0 saturated carbocycles. The van der Waals surface area contributed by atoms with Crippen molar-refractivity contribution >= 4 is 141 Å². The third-order valence-corrected chi connectivity index (χ3v) is 18.0. The largest absolute Gasteiger partial charge is 0.481 e. The number of H-pyrrole nitrogens is 1. The number of carboxylic acid groups (broad SMARTS) is 4. The summed E-state index contributed by atoms with van der Waals surface area (Å²) in [6.07, 6.45) is -1.68. The van der Waals surface area contributed by atoms with Crippen LogP contribution in [0.4, 0.5) is 5.69 Å². The molecule has 4 rings (SSSR count). The standard InChI is InChI=1S/C72H101N17O26.C2H5NO/c1-5-6-7-8-9-10-11-22-53(93)81-44(25-38-31-76-42-20-15-13-17-39(38)42)66(108)84-45(27-52(75)92)67(109)86-48(30-59(102)103)68(110)89-61-37(4)115-72(114)49(26-51(91)40-18-12-14-19-41(40)74)87-71(113)60(35(2)24-56(96)97)88-69(111)50(34-90)82-55(95)32-77-63(105)46(28-57(98)99)83-62(104)36(3)79-65(107)47(29-58(100)101)85-64(106)43(21-16-23-73)80-54(94)33-78-70(61)112;3-1-2-4/h12-15,17-20,31,35-37,43-50,60-61,76,90H,5-11,16,21-30,32-34,73-74H2,1-4H3,(H2,75,92)(H,77,105)(H,78,112)(H,79,107)(H,80,94)(H,81,93)(H,82,95)(H,83,104)(H,84,108)(H,85,106)(H,86,109)(H,87,113)(H,88,111)(H,89,110)(H,96,97)(H,98,99)(H,100,101)(H,102,103);2H,1,3H2/t35-,36+,37?,43-,44-,45-,46-,47-,48-,49-,50+,60+,61+;/m0./s1. The number of aliphatic carboxylic acids is 4. The number of aromatic amines is 1. The van der Waals surface area contributed by atoms with Crippen LogP contribution >= 0.6 is 0 Å². The van der Waals surface area contributed by atoms with Crippen LogP contribution < -0.4 is 92.1 Å². The Bertz CT molecular complexity index is 4120. The number of nitrogens with one attached hydrogen (secondary N) is 14. The van der Waals surface area contributed by atoms with Gasteiger partial charge in [-0.15, -0.1) is 0 Å². The lowest BCUT2D eigenvalue weighted by Gasteiger charge is -2.30. The van der Waals surface area contributed by atoms with Crippen LogP contribution in [0.15, 0.2) is 54.7 Å². The molecule has 1 aromatic heterocycles. The lowest BCUT2D eigenvalue weighted by Crippen LogP contribution is -2.62. The van der Waals surface area contributed by atoms with Crippen LogP contribution in [0, 0.1) is 5.92 Å². The number of aldehydes is 1. The highest BCUT2D eigenvalue weighted by Crippen LogP contribution is 2.22. The van der Waals surface area contributed by atoms with E-state index >= 15 is 0 Å². The SMILES string of the molecule is CCCCCCCCCC(=O)N[C@@H](Cc1c[nH]c2ccccc12)C(=O)N[C@@H](CC(N)=O)C(=O)N[C@@H](CC(=O)O)C(=O)N[C@H]1C(=O)NCC(=O)N[C@@H](CCCN)C(=O)N[C@@H](CC(=O)O)C(=O)N[C@H](C)C(=O)N[C@@H](CC(=O)O)C(=O)NCC(=O)N[C@H](CO)C(=O)N[C@H]([C@@H](C)CC(=O)O)C(=O)N[C@@H](CC(=O)c2ccccc2N)C(=O)OC1C.NCC=O. The van der Waals surface area contributed by atoms with Gasteiger partial charge in [-0.25, -0.2) is 4.79 Å². The number of aliphatic hydroxyl groups excluding tert-OH is 1. The van der Waals surface area contributed by atoms with Crippen molar-refractivity contribution in [1.82, 2.24) is 74.1 Å². The summed E-state index contributed by atoms with van der Waals surface area (Å²) in [6, 6.07) is -10.5. The molecule has 0 spiro atoms. The first kappa shape index (κ1) is 100. The van der Waals surface area contributed by atoms with Gasteiger partial charge in [-0.05, 0) is 69.3 Å². The molecular formula is C74H106N18O27. The molecule has 45 nitrogen and oxygen atoms in total. The third-order valence-electron chi connectivity index (χ3n) is 18.0. The maximum Gasteiger partial charge on any atom is 0.329 e. The maximum absolute atomic E-state index is 14.8. The van der Waals surface area contributed by atoms with E-state index in [0.29, 0.717) is 35.6 Å². The molecule has 0 aliphatic carbocycles. The minimum Gasteiger partial charge on any atom is -0.481 e. The number of aromatic nitrogens is 1. The van der Waals surface area contributed by atoms with E-state index < -0.39 is 261 Å². The number of carbonyl (C=O) groups excluding carboxylic acids is 17. The molecule has 2 aromatic carbocycles. The highest BCUT2D eigenvalue weighted by molar-refractivity contribution is 6.05. The zero-order valence-electron chi connectivity index (χ0n) is 65.9. The summed E-state index contributed by atoms with van der Waals surface area (Å²) in [5.41, 5.74) is 22.7. The van der Waals surface area contributed by atoms with Gasteiger partial charge in [0.2, 0.25) is 82.7 Å². The number of nitrogens with two attached hydrogens (primary N) is 4. The number of fused-ring (bicyclic) bond motifs is 1. The molecule has 13 atom stereocenters. The summed E-state index contributed by atoms with van der Waals surface area (Å²) in [5, 5.41) is 78.7.